The number of pyridine rings is 1. The van der Waals surface area contributed by atoms with Gasteiger partial charge in [0.2, 0.25) is 0 Å². The molecular weight excluding hydrogens is 194 g/mol. The third kappa shape index (κ3) is 2.46. The van der Waals surface area contributed by atoms with Gasteiger partial charge in [-0.15, -0.1) is 0 Å². The molecule has 1 fully saturated rings. The van der Waals surface area contributed by atoms with Crippen LogP contribution in [0, 0.1) is 5.41 Å². The third-order valence-corrected chi connectivity index (χ3v) is 2.45. The van der Waals surface area contributed by atoms with E-state index >= 15 is 0 Å². The first-order chi connectivity index (χ1) is 7.22. The van der Waals surface area contributed by atoms with E-state index in [1.807, 2.05) is 6.07 Å². The van der Waals surface area contributed by atoms with Gasteiger partial charge in [-0.3, -0.25) is 4.98 Å². The first kappa shape index (κ1) is 10.4. The van der Waals surface area contributed by atoms with E-state index in [4.69, 9.17) is 14.6 Å². The number of aromatic nitrogens is 1. The van der Waals surface area contributed by atoms with Gasteiger partial charge in [-0.25, -0.2) is 0 Å². The molecule has 0 amide bonds. The SMILES string of the molecule is CC1(COc2ccc(CO)nc2)COC1. The lowest BCUT2D eigenvalue weighted by Crippen LogP contribution is -2.44. The molecule has 2 rings (SSSR count). The van der Waals surface area contributed by atoms with Crippen molar-refractivity contribution in [2.75, 3.05) is 19.8 Å². The summed E-state index contributed by atoms with van der Waals surface area (Å²) in [6.45, 7) is 4.26. The van der Waals surface area contributed by atoms with Crippen LogP contribution in [0.2, 0.25) is 0 Å². The minimum Gasteiger partial charge on any atom is -0.491 e. The minimum atomic E-state index is -0.0359. The summed E-state index contributed by atoms with van der Waals surface area (Å²) in [5.41, 5.74) is 0.802. The molecule has 0 bridgehead atoms. The summed E-state index contributed by atoms with van der Waals surface area (Å²) in [7, 11) is 0. The summed E-state index contributed by atoms with van der Waals surface area (Å²) >= 11 is 0. The van der Waals surface area contributed by atoms with Crippen LogP contribution in [0.25, 0.3) is 0 Å². The molecular formula is C11H15NO3. The zero-order chi connectivity index (χ0) is 10.7. The smallest absolute Gasteiger partial charge is 0.137 e. The molecule has 1 aromatic heterocycles. The van der Waals surface area contributed by atoms with Gasteiger partial charge in [0.1, 0.15) is 5.75 Å². The maximum Gasteiger partial charge on any atom is 0.137 e. The second-order valence-corrected chi connectivity index (χ2v) is 4.24. The zero-order valence-electron chi connectivity index (χ0n) is 8.77. The monoisotopic (exact) mass is 209 g/mol. The lowest BCUT2D eigenvalue weighted by Gasteiger charge is -2.37. The van der Waals surface area contributed by atoms with Gasteiger partial charge in [0.15, 0.2) is 0 Å². The second-order valence-electron chi connectivity index (χ2n) is 4.24. The Kier molecular flexibility index (Phi) is 2.88. The maximum atomic E-state index is 8.81. The number of ether oxygens (including phenoxy) is 2. The Morgan fingerprint density at radius 3 is 2.80 bits per heavy atom. The molecule has 15 heavy (non-hydrogen) atoms. The molecule has 0 unspecified atom stereocenters. The van der Waals surface area contributed by atoms with Crippen LogP contribution in [0.3, 0.4) is 0 Å². The number of aliphatic hydroxyl groups is 1. The van der Waals surface area contributed by atoms with E-state index in [1.165, 1.54) is 0 Å². The molecule has 82 valence electrons. The van der Waals surface area contributed by atoms with Gasteiger partial charge in [-0.2, -0.15) is 0 Å². The molecule has 1 saturated heterocycles. The van der Waals surface area contributed by atoms with Gasteiger partial charge >= 0.3 is 0 Å². The van der Waals surface area contributed by atoms with Crippen molar-refractivity contribution in [3.63, 3.8) is 0 Å². The van der Waals surface area contributed by atoms with Gasteiger partial charge in [-0.05, 0) is 12.1 Å². The van der Waals surface area contributed by atoms with Gasteiger partial charge in [-0.1, -0.05) is 6.92 Å². The van der Waals surface area contributed by atoms with Crippen molar-refractivity contribution in [3.8, 4) is 5.75 Å². The van der Waals surface area contributed by atoms with Crippen molar-refractivity contribution in [3.05, 3.63) is 24.0 Å². The summed E-state index contributed by atoms with van der Waals surface area (Å²) < 4.78 is 10.7. The van der Waals surface area contributed by atoms with Crippen LogP contribution in [0.5, 0.6) is 5.75 Å². The molecule has 0 saturated carbocycles. The van der Waals surface area contributed by atoms with Crippen LogP contribution in [-0.4, -0.2) is 29.9 Å². The highest BCUT2D eigenvalue weighted by atomic mass is 16.5. The summed E-state index contributed by atoms with van der Waals surface area (Å²) in [6.07, 6.45) is 1.63. The molecule has 0 atom stereocenters. The number of hydrogen-bond donors (Lipinski definition) is 1. The lowest BCUT2D eigenvalue weighted by molar-refractivity contribution is -0.120. The summed E-state index contributed by atoms with van der Waals surface area (Å²) in [5, 5.41) is 8.81. The Balaban J connectivity index is 1.87. The van der Waals surface area contributed by atoms with Crippen LogP contribution in [0.4, 0.5) is 0 Å². The molecule has 1 aromatic rings. The lowest BCUT2D eigenvalue weighted by atomic mass is 9.90. The van der Waals surface area contributed by atoms with E-state index in [-0.39, 0.29) is 12.0 Å². The summed E-state index contributed by atoms with van der Waals surface area (Å²) in [4.78, 5) is 4.04. The number of aliphatic hydroxyl groups excluding tert-OH is 1. The standard InChI is InChI=1S/C11H15NO3/c1-11(6-14-7-11)8-15-10-3-2-9(5-13)12-4-10/h2-4,13H,5-8H2,1H3. The topological polar surface area (TPSA) is 51.6 Å². The molecule has 0 aliphatic carbocycles. The highest BCUT2D eigenvalue weighted by molar-refractivity contribution is 5.19. The second kappa shape index (κ2) is 4.16. The summed E-state index contributed by atoms with van der Waals surface area (Å²) in [5.74, 6) is 0.736. The largest absolute Gasteiger partial charge is 0.491 e. The predicted molar refractivity (Wildman–Crippen MR) is 54.6 cm³/mol. The molecule has 4 nitrogen and oxygen atoms in total. The molecule has 2 heterocycles. The van der Waals surface area contributed by atoms with Gasteiger partial charge in [0.25, 0.3) is 0 Å². The zero-order valence-corrected chi connectivity index (χ0v) is 8.77. The first-order valence-corrected chi connectivity index (χ1v) is 4.98. The average molecular weight is 209 g/mol. The Labute approximate surface area is 88.9 Å². The van der Waals surface area contributed by atoms with Crippen LogP contribution in [-0.2, 0) is 11.3 Å². The van der Waals surface area contributed by atoms with Crippen LogP contribution < -0.4 is 4.74 Å². The maximum absolute atomic E-state index is 8.81. The van der Waals surface area contributed by atoms with E-state index in [2.05, 4.69) is 11.9 Å². The Morgan fingerprint density at radius 1 is 1.53 bits per heavy atom. The van der Waals surface area contributed by atoms with Gasteiger partial charge in [0, 0.05) is 5.41 Å². The fourth-order valence-electron chi connectivity index (χ4n) is 1.38. The molecule has 1 N–H and O–H groups in total. The Morgan fingerprint density at radius 2 is 2.33 bits per heavy atom. The van der Waals surface area contributed by atoms with Crippen molar-refractivity contribution >= 4 is 0 Å². The van der Waals surface area contributed by atoms with Crippen molar-refractivity contribution in [1.29, 1.82) is 0 Å². The van der Waals surface area contributed by atoms with Crippen LogP contribution >= 0.6 is 0 Å². The fourth-order valence-corrected chi connectivity index (χ4v) is 1.38. The highest BCUT2D eigenvalue weighted by Gasteiger charge is 2.34. The van der Waals surface area contributed by atoms with Crippen LogP contribution in [0.1, 0.15) is 12.6 Å². The molecule has 0 spiro atoms. The van der Waals surface area contributed by atoms with Gasteiger partial charge in [0.05, 0.1) is 38.3 Å². The van der Waals surface area contributed by atoms with E-state index in [0.29, 0.717) is 12.3 Å². The van der Waals surface area contributed by atoms with E-state index in [0.717, 1.165) is 19.0 Å². The van der Waals surface area contributed by atoms with Crippen molar-refractivity contribution < 1.29 is 14.6 Å². The number of rotatable bonds is 4. The number of hydrogen-bond acceptors (Lipinski definition) is 4. The number of nitrogens with zero attached hydrogens (tertiary/aromatic N) is 1. The minimum absolute atomic E-state index is 0.0359. The first-order valence-electron chi connectivity index (χ1n) is 4.98. The predicted octanol–water partition coefficient (Wildman–Crippen LogP) is 0.989. The van der Waals surface area contributed by atoms with Crippen molar-refractivity contribution in [2.24, 2.45) is 5.41 Å². The Hall–Kier alpha value is -1.13. The van der Waals surface area contributed by atoms with Gasteiger partial charge < -0.3 is 14.6 Å². The molecule has 0 aromatic carbocycles. The van der Waals surface area contributed by atoms with E-state index in [9.17, 15) is 0 Å². The molecule has 4 heteroatoms. The van der Waals surface area contributed by atoms with E-state index in [1.54, 1.807) is 12.3 Å². The molecule has 1 aliphatic rings. The average Bonchev–Trinajstić information content (AvgIpc) is 2.24. The Bertz CT molecular complexity index is 319. The summed E-state index contributed by atoms with van der Waals surface area (Å²) in [6, 6.07) is 3.58. The fraction of sp³-hybridized carbons (Fsp3) is 0.545. The highest BCUT2D eigenvalue weighted by Crippen LogP contribution is 2.27. The van der Waals surface area contributed by atoms with Crippen molar-refractivity contribution in [2.45, 2.75) is 13.5 Å². The van der Waals surface area contributed by atoms with E-state index < -0.39 is 0 Å². The molecule has 0 radical (unpaired) electrons. The van der Waals surface area contributed by atoms with Crippen molar-refractivity contribution in [1.82, 2.24) is 4.98 Å². The normalized spacial score (nSPS) is 18.3. The molecule has 1 aliphatic heterocycles. The quantitative estimate of drug-likeness (QED) is 0.803. The third-order valence-electron chi connectivity index (χ3n) is 2.45. The van der Waals surface area contributed by atoms with Crippen LogP contribution in [0.15, 0.2) is 18.3 Å².